The van der Waals surface area contributed by atoms with Crippen molar-refractivity contribution < 1.29 is 18.7 Å². The number of H-pyrrole nitrogens is 1. The Labute approximate surface area is 313 Å². The standard InChI is InChI=1S/C45H67N3O4/c1-10-11-20-51-39(49)45-16-14-40(3,4)26-34(45)37-32(30-23-31(52-28-30)27-48-18-21-50-22-19-48)24-36-42(7)25-33-29(2)46-47-38(33)41(5,6)35(42)12-13-43(36,8)44(37,9)15-17-45/h23,28,34-36H,10-22,24-27H2,1-9H3,(H,46,47)/t34-,35-,36?,42-,43+,44+,45-/m0/s1. The fourth-order valence-electron chi connectivity index (χ4n) is 13.6. The maximum Gasteiger partial charge on any atom is 0.312 e. The van der Waals surface area contributed by atoms with Gasteiger partial charge >= 0.3 is 5.97 Å². The van der Waals surface area contributed by atoms with E-state index in [-0.39, 0.29) is 39.0 Å². The first kappa shape index (κ1) is 36.6. The lowest BCUT2D eigenvalue weighted by atomic mass is 9.33. The number of furan rings is 1. The molecule has 3 saturated carbocycles. The summed E-state index contributed by atoms with van der Waals surface area (Å²) in [7, 11) is 0. The Kier molecular flexibility index (Phi) is 8.85. The summed E-state index contributed by atoms with van der Waals surface area (Å²) in [5.41, 5.74) is 8.21. The average Bonchev–Trinajstić information content (AvgIpc) is 3.71. The molecule has 7 atom stereocenters. The summed E-state index contributed by atoms with van der Waals surface area (Å²) in [4.78, 5) is 17.0. The van der Waals surface area contributed by atoms with Crippen molar-refractivity contribution in [2.75, 3.05) is 32.9 Å². The van der Waals surface area contributed by atoms with Crippen LogP contribution in [0.1, 0.15) is 148 Å². The minimum absolute atomic E-state index is 0.00217. The molecule has 4 fully saturated rings. The number of nitrogens with one attached hydrogen (secondary N) is 1. The summed E-state index contributed by atoms with van der Waals surface area (Å²) in [5, 5.41) is 8.36. The summed E-state index contributed by atoms with van der Waals surface area (Å²) in [6.45, 7) is 27.0. The van der Waals surface area contributed by atoms with Crippen LogP contribution in [-0.2, 0) is 32.6 Å². The lowest BCUT2D eigenvalue weighted by Crippen LogP contribution is -2.65. The molecule has 7 nitrogen and oxygen atoms in total. The molecule has 2 aromatic heterocycles. The zero-order valence-electron chi connectivity index (χ0n) is 33.9. The van der Waals surface area contributed by atoms with E-state index >= 15 is 0 Å². The van der Waals surface area contributed by atoms with E-state index in [2.05, 4.69) is 84.6 Å². The van der Waals surface area contributed by atoms with Gasteiger partial charge in [-0.25, -0.2) is 0 Å². The van der Waals surface area contributed by atoms with Gasteiger partial charge in [0.15, 0.2) is 0 Å². The van der Waals surface area contributed by atoms with Crippen LogP contribution in [0.25, 0.3) is 5.57 Å². The molecule has 1 N–H and O–H groups in total. The molecule has 5 aliphatic carbocycles. The Balaban J connectivity index is 1.30. The molecule has 1 aliphatic heterocycles. The molecular formula is C45H67N3O4. The molecule has 1 saturated heterocycles. The molecule has 52 heavy (non-hydrogen) atoms. The van der Waals surface area contributed by atoms with Crippen molar-refractivity contribution in [3.63, 3.8) is 0 Å². The van der Waals surface area contributed by atoms with Gasteiger partial charge in [-0.15, -0.1) is 0 Å². The Morgan fingerprint density at radius 3 is 2.52 bits per heavy atom. The van der Waals surface area contributed by atoms with E-state index in [1.54, 1.807) is 5.57 Å². The molecular weight excluding hydrogens is 647 g/mol. The van der Waals surface area contributed by atoms with Crippen LogP contribution in [0, 0.1) is 51.8 Å². The highest BCUT2D eigenvalue weighted by Crippen LogP contribution is 2.77. The molecule has 7 heteroatoms. The summed E-state index contributed by atoms with van der Waals surface area (Å²) in [6.07, 6.45) is 13.6. The number of rotatable bonds is 7. The van der Waals surface area contributed by atoms with Crippen molar-refractivity contribution >= 4 is 11.5 Å². The van der Waals surface area contributed by atoms with Crippen LogP contribution in [0.3, 0.4) is 0 Å². The molecule has 0 bridgehead atoms. The van der Waals surface area contributed by atoms with Crippen molar-refractivity contribution in [2.24, 2.45) is 44.8 Å². The topological polar surface area (TPSA) is 80.6 Å². The fraction of sp³-hybridized carbons (Fsp3) is 0.778. The van der Waals surface area contributed by atoms with Crippen LogP contribution in [0.5, 0.6) is 0 Å². The SMILES string of the molecule is CCCCOC(=O)[C@]12CCC(C)(C)C[C@H]1C1=C(c3coc(CN4CCOCC4)c3)CC3[C@@]4(C)Cc5c(n[nH]c5C)C(C)(C)[C@@H]4CC[C@@]3(C)[C@]1(C)CC2. The highest BCUT2D eigenvalue weighted by molar-refractivity contribution is 5.81. The van der Waals surface area contributed by atoms with Gasteiger partial charge in [0.2, 0.25) is 0 Å². The third-order valence-electron chi connectivity index (χ3n) is 16.7. The number of allylic oxidation sites excluding steroid dienone is 2. The van der Waals surface area contributed by atoms with Crippen molar-refractivity contribution in [3.8, 4) is 0 Å². The van der Waals surface area contributed by atoms with Gasteiger partial charge in [0, 0.05) is 29.8 Å². The Morgan fingerprint density at radius 1 is 1.02 bits per heavy atom. The fourth-order valence-corrected chi connectivity index (χ4v) is 13.6. The number of unbranched alkanes of at least 4 members (excludes halogenated alkanes) is 1. The lowest BCUT2D eigenvalue weighted by Gasteiger charge is -2.71. The smallest absolute Gasteiger partial charge is 0.312 e. The Hall–Kier alpha value is -2.38. The lowest BCUT2D eigenvalue weighted by molar-refractivity contribution is -0.180. The molecule has 0 aromatic carbocycles. The summed E-state index contributed by atoms with van der Waals surface area (Å²) in [6, 6.07) is 2.37. The number of esters is 1. The minimum atomic E-state index is -0.455. The number of carbonyl (C=O) groups excluding carboxylic acids is 1. The maximum absolute atomic E-state index is 14.6. The normalized spacial score (nSPS) is 38.1. The van der Waals surface area contributed by atoms with E-state index in [0.717, 1.165) is 96.4 Å². The Bertz CT molecular complexity index is 1730. The van der Waals surface area contributed by atoms with Gasteiger partial charge in [0.25, 0.3) is 0 Å². The number of aromatic amines is 1. The first-order valence-electron chi connectivity index (χ1n) is 20.9. The first-order valence-corrected chi connectivity index (χ1v) is 20.9. The number of hydrogen-bond acceptors (Lipinski definition) is 6. The first-order chi connectivity index (χ1) is 24.6. The molecule has 3 heterocycles. The van der Waals surface area contributed by atoms with Crippen LogP contribution >= 0.6 is 0 Å². The van der Waals surface area contributed by atoms with Crippen molar-refractivity contribution in [1.82, 2.24) is 15.1 Å². The van der Waals surface area contributed by atoms with Crippen LogP contribution in [0.2, 0.25) is 0 Å². The zero-order chi connectivity index (χ0) is 36.9. The van der Waals surface area contributed by atoms with Crippen LogP contribution < -0.4 is 0 Å². The number of nitrogens with zero attached hydrogens (tertiary/aromatic N) is 2. The largest absolute Gasteiger partial charge is 0.467 e. The zero-order valence-corrected chi connectivity index (χ0v) is 33.9. The van der Waals surface area contributed by atoms with Gasteiger partial charge in [-0.1, -0.05) is 67.4 Å². The van der Waals surface area contributed by atoms with Crippen LogP contribution in [0.15, 0.2) is 22.3 Å². The van der Waals surface area contributed by atoms with Crippen molar-refractivity contribution in [2.45, 2.75) is 145 Å². The molecule has 0 spiro atoms. The van der Waals surface area contributed by atoms with Crippen LogP contribution in [0.4, 0.5) is 0 Å². The van der Waals surface area contributed by atoms with E-state index in [9.17, 15) is 4.79 Å². The molecule has 6 aliphatic rings. The monoisotopic (exact) mass is 714 g/mol. The highest BCUT2D eigenvalue weighted by atomic mass is 16.5. The average molecular weight is 714 g/mol. The second kappa shape index (κ2) is 12.6. The third kappa shape index (κ3) is 5.31. The van der Waals surface area contributed by atoms with Gasteiger partial charge in [-0.3, -0.25) is 14.8 Å². The van der Waals surface area contributed by atoms with Gasteiger partial charge in [0.1, 0.15) is 5.76 Å². The van der Waals surface area contributed by atoms with E-state index in [4.69, 9.17) is 19.0 Å². The van der Waals surface area contributed by atoms with E-state index in [0.29, 0.717) is 18.4 Å². The predicted octanol–water partition coefficient (Wildman–Crippen LogP) is 9.83. The number of ether oxygens (including phenoxy) is 2. The van der Waals surface area contributed by atoms with E-state index < -0.39 is 5.41 Å². The number of aromatic nitrogens is 2. The highest BCUT2D eigenvalue weighted by Gasteiger charge is 2.70. The molecule has 0 radical (unpaired) electrons. The number of fused-ring (bicyclic) bond motifs is 8. The van der Waals surface area contributed by atoms with E-state index in [1.807, 2.05) is 0 Å². The number of morpholine rings is 1. The van der Waals surface area contributed by atoms with Gasteiger partial charge < -0.3 is 13.9 Å². The second-order valence-corrected chi connectivity index (χ2v) is 20.3. The summed E-state index contributed by atoms with van der Waals surface area (Å²) < 4.78 is 18.4. The molecule has 1 unspecified atom stereocenters. The minimum Gasteiger partial charge on any atom is -0.467 e. The molecule has 2 aromatic rings. The molecule has 8 rings (SSSR count). The third-order valence-corrected chi connectivity index (χ3v) is 16.7. The van der Waals surface area contributed by atoms with E-state index in [1.165, 1.54) is 40.9 Å². The summed E-state index contributed by atoms with van der Waals surface area (Å²) >= 11 is 0. The van der Waals surface area contributed by atoms with Gasteiger partial charge in [-0.05, 0) is 128 Å². The quantitative estimate of drug-likeness (QED) is 0.227. The second-order valence-electron chi connectivity index (χ2n) is 20.3. The summed E-state index contributed by atoms with van der Waals surface area (Å²) in [5.74, 6) is 2.32. The maximum atomic E-state index is 14.6. The van der Waals surface area contributed by atoms with Crippen LogP contribution in [-0.4, -0.2) is 54.0 Å². The Morgan fingerprint density at radius 2 is 1.77 bits per heavy atom. The van der Waals surface area contributed by atoms with Crippen molar-refractivity contribution in [1.29, 1.82) is 0 Å². The van der Waals surface area contributed by atoms with Gasteiger partial charge in [0.05, 0.1) is 43.7 Å². The number of hydrogen-bond donors (Lipinski definition) is 1. The number of carbonyl (C=O) groups is 1. The molecule has 0 amide bonds. The molecule has 286 valence electrons. The number of aryl methyl sites for hydroxylation is 1. The van der Waals surface area contributed by atoms with Gasteiger partial charge in [-0.2, -0.15) is 5.10 Å². The predicted molar refractivity (Wildman–Crippen MR) is 206 cm³/mol. The van der Waals surface area contributed by atoms with Crippen molar-refractivity contribution in [3.05, 3.63) is 46.2 Å².